The number of nitrogens with zero attached hydrogens (tertiary/aromatic N) is 1. The van der Waals surface area contributed by atoms with Crippen molar-refractivity contribution in [2.75, 3.05) is 31.2 Å². The fourth-order valence-electron chi connectivity index (χ4n) is 1.86. The third-order valence-electron chi connectivity index (χ3n) is 2.67. The number of nitrogens with two attached hydrogens (primary N) is 1. The second-order valence-corrected chi connectivity index (χ2v) is 4.14. The quantitative estimate of drug-likeness (QED) is 0.692. The third kappa shape index (κ3) is 1.82. The highest BCUT2D eigenvalue weighted by Gasteiger charge is 2.22. The molecule has 0 spiro atoms. The first-order valence-electron chi connectivity index (χ1n) is 4.96. The molecule has 1 aliphatic heterocycles. The van der Waals surface area contributed by atoms with Crippen molar-refractivity contribution in [1.82, 2.24) is 4.90 Å². The lowest BCUT2D eigenvalue weighted by atomic mass is 10.1. The van der Waals surface area contributed by atoms with Crippen LogP contribution < -0.4 is 11.1 Å². The van der Waals surface area contributed by atoms with E-state index in [0.717, 1.165) is 18.8 Å². The number of nitrogens with one attached hydrogen (secondary N) is 1. The molecule has 3 N–H and O–H groups in total. The first-order valence-corrected chi connectivity index (χ1v) is 4.96. The van der Waals surface area contributed by atoms with E-state index in [9.17, 15) is 0 Å². The second kappa shape index (κ2) is 3.50. The van der Waals surface area contributed by atoms with E-state index in [-0.39, 0.29) is 0 Å². The lowest BCUT2D eigenvalue weighted by molar-refractivity contribution is 0.205. The van der Waals surface area contributed by atoms with Crippen molar-refractivity contribution in [3.05, 3.63) is 23.8 Å². The fraction of sp³-hybridized carbons (Fsp3) is 0.455. The van der Waals surface area contributed by atoms with E-state index in [2.05, 4.69) is 30.3 Å². The summed E-state index contributed by atoms with van der Waals surface area (Å²) < 4.78 is 0. The summed E-state index contributed by atoms with van der Waals surface area (Å²) >= 11 is 0. The summed E-state index contributed by atoms with van der Waals surface area (Å²) in [6.45, 7) is 4.34. The molecular weight excluding hydrogens is 174 g/mol. The van der Waals surface area contributed by atoms with E-state index >= 15 is 0 Å². The molecule has 1 fully saturated rings. The van der Waals surface area contributed by atoms with Gasteiger partial charge in [0, 0.05) is 24.5 Å². The zero-order chi connectivity index (χ0) is 10.1. The zero-order valence-corrected chi connectivity index (χ0v) is 8.75. The zero-order valence-electron chi connectivity index (χ0n) is 8.75. The van der Waals surface area contributed by atoms with Crippen LogP contribution in [-0.4, -0.2) is 31.1 Å². The van der Waals surface area contributed by atoms with Gasteiger partial charge in [-0.25, -0.2) is 0 Å². The van der Waals surface area contributed by atoms with E-state index in [0.29, 0.717) is 6.04 Å². The van der Waals surface area contributed by atoms with Gasteiger partial charge in [0.25, 0.3) is 0 Å². The molecule has 3 nitrogen and oxygen atoms in total. The van der Waals surface area contributed by atoms with Crippen LogP contribution in [0.3, 0.4) is 0 Å². The van der Waals surface area contributed by atoms with Crippen LogP contribution in [0.5, 0.6) is 0 Å². The fourth-order valence-corrected chi connectivity index (χ4v) is 1.86. The maximum Gasteiger partial charge on any atom is 0.0515 e. The van der Waals surface area contributed by atoms with Crippen LogP contribution in [0.25, 0.3) is 0 Å². The summed E-state index contributed by atoms with van der Waals surface area (Å²) in [7, 11) is 2.13. The maximum atomic E-state index is 5.69. The van der Waals surface area contributed by atoms with Crippen LogP contribution in [-0.2, 0) is 0 Å². The molecule has 1 saturated heterocycles. The average Bonchev–Trinajstić information content (AvgIpc) is 2.06. The number of likely N-dealkylation sites (N-methyl/N-ethyl adjacent to an activating group) is 1. The Morgan fingerprint density at radius 3 is 2.71 bits per heavy atom. The van der Waals surface area contributed by atoms with Gasteiger partial charge in [-0.3, -0.25) is 0 Å². The van der Waals surface area contributed by atoms with E-state index in [1.54, 1.807) is 0 Å². The Morgan fingerprint density at radius 2 is 2.14 bits per heavy atom. The Labute approximate surface area is 84.9 Å². The molecule has 76 valence electrons. The van der Waals surface area contributed by atoms with Gasteiger partial charge in [0.15, 0.2) is 0 Å². The molecule has 1 aromatic rings. The summed E-state index contributed by atoms with van der Waals surface area (Å²) in [5.41, 5.74) is 8.95. The molecule has 1 aromatic carbocycles. The SMILES string of the molecule is Cc1cc(N)ccc1NC1CN(C)C1. The maximum absolute atomic E-state index is 5.69. The van der Waals surface area contributed by atoms with Crippen molar-refractivity contribution >= 4 is 11.4 Å². The molecule has 0 radical (unpaired) electrons. The van der Waals surface area contributed by atoms with E-state index in [1.807, 2.05) is 12.1 Å². The van der Waals surface area contributed by atoms with Gasteiger partial charge in [-0.05, 0) is 37.7 Å². The van der Waals surface area contributed by atoms with Gasteiger partial charge in [0.2, 0.25) is 0 Å². The van der Waals surface area contributed by atoms with Crippen molar-refractivity contribution in [2.24, 2.45) is 0 Å². The molecule has 1 heterocycles. The van der Waals surface area contributed by atoms with Crippen molar-refractivity contribution in [1.29, 1.82) is 0 Å². The number of aryl methyl sites for hydroxylation is 1. The molecule has 0 unspecified atom stereocenters. The van der Waals surface area contributed by atoms with Crippen molar-refractivity contribution < 1.29 is 0 Å². The smallest absolute Gasteiger partial charge is 0.0515 e. The minimum absolute atomic E-state index is 0.599. The summed E-state index contributed by atoms with van der Waals surface area (Å²) in [5.74, 6) is 0. The van der Waals surface area contributed by atoms with Crippen molar-refractivity contribution in [2.45, 2.75) is 13.0 Å². The first kappa shape index (κ1) is 9.34. The van der Waals surface area contributed by atoms with E-state index < -0.39 is 0 Å². The highest BCUT2D eigenvalue weighted by atomic mass is 15.2. The molecule has 0 atom stereocenters. The molecule has 1 aliphatic rings. The number of hydrogen-bond donors (Lipinski definition) is 2. The Morgan fingerprint density at radius 1 is 1.43 bits per heavy atom. The summed E-state index contributed by atoms with van der Waals surface area (Å²) in [6.07, 6.45) is 0. The monoisotopic (exact) mass is 191 g/mol. The van der Waals surface area contributed by atoms with Crippen LogP contribution in [0.15, 0.2) is 18.2 Å². The van der Waals surface area contributed by atoms with Crippen LogP contribution in [0, 0.1) is 6.92 Å². The van der Waals surface area contributed by atoms with Crippen LogP contribution in [0.1, 0.15) is 5.56 Å². The van der Waals surface area contributed by atoms with Crippen molar-refractivity contribution in [3.8, 4) is 0 Å². The standard InChI is InChI=1S/C11H17N3/c1-8-5-9(12)3-4-11(8)13-10-6-14(2)7-10/h3-5,10,13H,6-7,12H2,1-2H3. The van der Waals surface area contributed by atoms with Crippen LogP contribution >= 0.6 is 0 Å². The van der Waals surface area contributed by atoms with Gasteiger partial charge in [-0.2, -0.15) is 0 Å². The van der Waals surface area contributed by atoms with Gasteiger partial charge >= 0.3 is 0 Å². The summed E-state index contributed by atoms with van der Waals surface area (Å²) in [6, 6.07) is 6.60. The van der Waals surface area contributed by atoms with Gasteiger partial charge in [0.1, 0.15) is 0 Å². The normalized spacial score (nSPS) is 17.9. The minimum Gasteiger partial charge on any atom is -0.399 e. The Kier molecular flexibility index (Phi) is 2.33. The Hall–Kier alpha value is -1.22. The Bertz CT molecular complexity index is 329. The highest BCUT2D eigenvalue weighted by Crippen LogP contribution is 2.20. The molecule has 2 rings (SSSR count). The number of rotatable bonds is 2. The molecule has 0 amide bonds. The minimum atomic E-state index is 0.599. The lowest BCUT2D eigenvalue weighted by Crippen LogP contribution is -2.52. The molecule has 0 aromatic heterocycles. The molecule has 0 saturated carbocycles. The van der Waals surface area contributed by atoms with Crippen LogP contribution in [0.4, 0.5) is 11.4 Å². The van der Waals surface area contributed by atoms with E-state index in [4.69, 9.17) is 5.73 Å². The molecule has 0 aliphatic carbocycles. The van der Waals surface area contributed by atoms with Crippen LogP contribution in [0.2, 0.25) is 0 Å². The lowest BCUT2D eigenvalue weighted by Gasteiger charge is -2.37. The molecule has 3 heteroatoms. The molecule has 0 bridgehead atoms. The summed E-state index contributed by atoms with van der Waals surface area (Å²) in [5, 5.41) is 3.51. The molecular formula is C11H17N3. The topological polar surface area (TPSA) is 41.3 Å². The molecule has 14 heavy (non-hydrogen) atoms. The highest BCUT2D eigenvalue weighted by molar-refractivity contribution is 5.58. The predicted molar refractivity (Wildman–Crippen MR) is 60.5 cm³/mol. The number of likely N-dealkylation sites (tertiary alicyclic amines) is 1. The largest absolute Gasteiger partial charge is 0.399 e. The predicted octanol–water partition coefficient (Wildman–Crippen LogP) is 1.30. The van der Waals surface area contributed by atoms with Gasteiger partial charge in [-0.15, -0.1) is 0 Å². The summed E-state index contributed by atoms with van der Waals surface area (Å²) in [4.78, 5) is 2.30. The Balaban J connectivity index is 2.02. The second-order valence-electron chi connectivity index (χ2n) is 4.14. The number of anilines is 2. The van der Waals surface area contributed by atoms with Gasteiger partial charge < -0.3 is 16.0 Å². The number of hydrogen-bond acceptors (Lipinski definition) is 3. The number of benzene rings is 1. The average molecular weight is 191 g/mol. The third-order valence-corrected chi connectivity index (χ3v) is 2.67. The van der Waals surface area contributed by atoms with E-state index in [1.165, 1.54) is 11.3 Å². The number of nitrogen functional groups attached to an aromatic ring is 1. The first-order chi connectivity index (χ1) is 6.65. The van der Waals surface area contributed by atoms with Gasteiger partial charge in [-0.1, -0.05) is 0 Å². The van der Waals surface area contributed by atoms with Gasteiger partial charge in [0.05, 0.1) is 6.04 Å². The van der Waals surface area contributed by atoms with Crippen molar-refractivity contribution in [3.63, 3.8) is 0 Å².